The van der Waals surface area contributed by atoms with Crippen molar-refractivity contribution >= 4 is 40.3 Å². The summed E-state index contributed by atoms with van der Waals surface area (Å²) >= 11 is 4.30. The smallest absolute Gasteiger partial charge is 0.306 e. The van der Waals surface area contributed by atoms with Gasteiger partial charge in [0.15, 0.2) is 0 Å². The van der Waals surface area contributed by atoms with Crippen molar-refractivity contribution in [2.45, 2.75) is 25.4 Å². The van der Waals surface area contributed by atoms with Crippen LogP contribution < -0.4 is 0 Å². The van der Waals surface area contributed by atoms with Gasteiger partial charge in [0, 0.05) is 15.6 Å². The Bertz CT molecular complexity index is 214. The zero-order valence-corrected chi connectivity index (χ0v) is 10.4. The van der Waals surface area contributed by atoms with Crippen molar-refractivity contribution in [2.24, 2.45) is 5.41 Å². The number of esters is 1. The van der Waals surface area contributed by atoms with E-state index < -0.39 is 0 Å². The molecule has 4 heteroatoms. The molecule has 0 radical (unpaired) electrons. The van der Waals surface area contributed by atoms with E-state index in [1.54, 1.807) is 0 Å². The van der Waals surface area contributed by atoms with Crippen LogP contribution in [0.2, 0.25) is 0 Å². The summed E-state index contributed by atoms with van der Waals surface area (Å²) < 4.78 is 6.29. The molecule has 0 aromatic heterocycles. The largest absolute Gasteiger partial charge is 0.461 e. The minimum absolute atomic E-state index is 0.0177. The molecule has 2 aliphatic heterocycles. The van der Waals surface area contributed by atoms with Gasteiger partial charge in [0.2, 0.25) is 0 Å². The molecule has 74 valence electrons. The molecule has 2 aliphatic rings. The zero-order chi connectivity index (χ0) is 9.31. The number of hydrogen-bond acceptors (Lipinski definition) is 3. The summed E-state index contributed by atoms with van der Waals surface area (Å²) in [5.74, 6) is 2.39. The summed E-state index contributed by atoms with van der Waals surface area (Å²) in [4.78, 5) is 11.3. The Morgan fingerprint density at radius 2 is 2.54 bits per heavy atom. The monoisotopic (exact) mass is 312 g/mol. The van der Waals surface area contributed by atoms with Gasteiger partial charge in [0.1, 0.15) is 6.10 Å². The molecule has 2 unspecified atom stereocenters. The number of hydrogen-bond donors (Lipinski definition) is 0. The van der Waals surface area contributed by atoms with Crippen LogP contribution in [0.4, 0.5) is 0 Å². The van der Waals surface area contributed by atoms with Crippen LogP contribution in [0.5, 0.6) is 0 Å². The summed E-state index contributed by atoms with van der Waals surface area (Å²) in [6.45, 7) is 0. The second-order valence-corrected chi connectivity index (χ2v) is 5.81. The first kappa shape index (κ1) is 10.1. The highest BCUT2D eigenvalue weighted by Gasteiger charge is 2.48. The highest BCUT2D eigenvalue weighted by Crippen LogP contribution is 2.46. The minimum Gasteiger partial charge on any atom is -0.461 e. The molecule has 2 saturated heterocycles. The Kier molecular flexibility index (Phi) is 3.07. The SMILES string of the molecule is O=C1CC2(CCCSC2)C(CI)O1. The Labute approximate surface area is 96.3 Å². The fraction of sp³-hybridized carbons (Fsp3) is 0.889. The molecular formula is C9H13IO2S. The Morgan fingerprint density at radius 3 is 3.15 bits per heavy atom. The number of thioether (sulfide) groups is 1. The lowest BCUT2D eigenvalue weighted by molar-refractivity contribution is -0.140. The highest BCUT2D eigenvalue weighted by atomic mass is 127. The summed E-state index contributed by atoms with van der Waals surface area (Å²) in [5, 5.41) is 0. The molecule has 0 saturated carbocycles. The van der Waals surface area contributed by atoms with Crippen molar-refractivity contribution in [1.29, 1.82) is 0 Å². The normalized spacial score (nSPS) is 39.5. The van der Waals surface area contributed by atoms with E-state index >= 15 is 0 Å². The Hall–Kier alpha value is 0.550. The predicted octanol–water partition coefficient (Wildman–Crippen LogP) is 2.25. The number of cyclic esters (lactones) is 1. The van der Waals surface area contributed by atoms with Crippen LogP contribution in [-0.2, 0) is 9.53 Å². The summed E-state index contributed by atoms with van der Waals surface area (Å²) in [6.07, 6.45) is 3.27. The zero-order valence-electron chi connectivity index (χ0n) is 7.42. The van der Waals surface area contributed by atoms with E-state index in [4.69, 9.17) is 4.74 Å². The third-order valence-corrected chi connectivity index (χ3v) is 5.10. The third-order valence-electron chi connectivity index (χ3n) is 2.95. The molecule has 0 aromatic rings. The van der Waals surface area contributed by atoms with E-state index in [1.807, 2.05) is 11.8 Å². The maximum Gasteiger partial charge on any atom is 0.306 e. The molecule has 0 amide bonds. The summed E-state index contributed by atoms with van der Waals surface area (Å²) in [5.41, 5.74) is 0.196. The van der Waals surface area contributed by atoms with Gasteiger partial charge >= 0.3 is 5.97 Å². The van der Waals surface area contributed by atoms with Crippen LogP contribution in [0.1, 0.15) is 19.3 Å². The maximum absolute atomic E-state index is 11.3. The summed E-state index contributed by atoms with van der Waals surface area (Å²) in [6, 6.07) is 0. The van der Waals surface area contributed by atoms with Crippen LogP contribution in [-0.4, -0.2) is 28.0 Å². The van der Waals surface area contributed by atoms with Crippen molar-refractivity contribution in [3.63, 3.8) is 0 Å². The van der Waals surface area contributed by atoms with Gasteiger partial charge in [-0.15, -0.1) is 0 Å². The Morgan fingerprint density at radius 1 is 1.69 bits per heavy atom. The van der Waals surface area contributed by atoms with Gasteiger partial charge in [0.05, 0.1) is 6.42 Å². The van der Waals surface area contributed by atoms with Gasteiger partial charge in [-0.3, -0.25) is 4.79 Å². The fourth-order valence-corrected chi connectivity index (χ4v) is 4.63. The number of ether oxygens (including phenoxy) is 1. The van der Waals surface area contributed by atoms with E-state index in [0.717, 1.165) is 10.2 Å². The standard InChI is InChI=1S/C9H13IO2S/c10-5-7-9(4-8(11)12-7)2-1-3-13-6-9/h7H,1-6H2. The van der Waals surface area contributed by atoms with Crippen LogP contribution in [0.3, 0.4) is 0 Å². The van der Waals surface area contributed by atoms with Crippen molar-refractivity contribution in [1.82, 2.24) is 0 Å². The Balaban J connectivity index is 2.13. The van der Waals surface area contributed by atoms with Gasteiger partial charge in [-0.1, -0.05) is 22.6 Å². The van der Waals surface area contributed by atoms with Gasteiger partial charge in [-0.05, 0) is 18.6 Å². The molecule has 2 nitrogen and oxygen atoms in total. The number of carbonyl (C=O) groups excluding carboxylic acids is 1. The minimum atomic E-state index is 0.0177. The first-order valence-corrected chi connectivity index (χ1v) is 7.28. The first-order valence-electron chi connectivity index (χ1n) is 4.60. The first-order chi connectivity index (χ1) is 6.27. The molecule has 0 aliphatic carbocycles. The molecule has 0 N–H and O–H groups in total. The van der Waals surface area contributed by atoms with Gasteiger partial charge in [-0.25, -0.2) is 0 Å². The molecule has 2 atom stereocenters. The van der Waals surface area contributed by atoms with E-state index in [2.05, 4.69) is 22.6 Å². The molecule has 0 bridgehead atoms. The number of carbonyl (C=O) groups is 1. The van der Waals surface area contributed by atoms with Crippen molar-refractivity contribution in [3.05, 3.63) is 0 Å². The molecular weight excluding hydrogens is 299 g/mol. The average molecular weight is 312 g/mol. The average Bonchev–Trinajstić information content (AvgIpc) is 2.43. The van der Waals surface area contributed by atoms with E-state index in [-0.39, 0.29) is 17.5 Å². The number of halogens is 1. The molecule has 1 spiro atoms. The molecule has 2 heterocycles. The lowest BCUT2D eigenvalue weighted by Crippen LogP contribution is -2.37. The van der Waals surface area contributed by atoms with E-state index in [0.29, 0.717) is 6.42 Å². The lowest BCUT2D eigenvalue weighted by atomic mass is 9.79. The molecule has 2 rings (SSSR count). The van der Waals surface area contributed by atoms with E-state index in [9.17, 15) is 4.79 Å². The van der Waals surface area contributed by atoms with Gasteiger partial charge in [0.25, 0.3) is 0 Å². The van der Waals surface area contributed by atoms with Crippen molar-refractivity contribution < 1.29 is 9.53 Å². The number of rotatable bonds is 1. The predicted molar refractivity (Wildman–Crippen MR) is 62.4 cm³/mol. The molecule has 13 heavy (non-hydrogen) atoms. The third kappa shape index (κ3) is 1.84. The van der Waals surface area contributed by atoms with Crippen LogP contribution in [0, 0.1) is 5.41 Å². The van der Waals surface area contributed by atoms with Gasteiger partial charge in [-0.2, -0.15) is 11.8 Å². The highest BCUT2D eigenvalue weighted by molar-refractivity contribution is 14.1. The summed E-state index contributed by atoms with van der Waals surface area (Å²) in [7, 11) is 0. The second-order valence-electron chi connectivity index (χ2n) is 3.83. The maximum atomic E-state index is 11.3. The van der Waals surface area contributed by atoms with E-state index in [1.165, 1.54) is 18.6 Å². The van der Waals surface area contributed by atoms with Crippen molar-refractivity contribution in [3.8, 4) is 0 Å². The molecule has 0 aromatic carbocycles. The second kappa shape index (κ2) is 3.96. The molecule has 2 fully saturated rings. The van der Waals surface area contributed by atoms with Crippen molar-refractivity contribution in [2.75, 3.05) is 15.9 Å². The van der Waals surface area contributed by atoms with Crippen LogP contribution in [0.25, 0.3) is 0 Å². The number of alkyl halides is 1. The van der Waals surface area contributed by atoms with Gasteiger partial charge < -0.3 is 4.74 Å². The topological polar surface area (TPSA) is 26.3 Å². The van der Waals surface area contributed by atoms with Crippen LogP contribution >= 0.6 is 34.4 Å². The van der Waals surface area contributed by atoms with Crippen LogP contribution in [0.15, 0.2) is 0 Å². The fourth-order valence-electron chi connectivity index (χ4n) is 2.19. The quantitative estimate of drug-likeness (QED) is 0.422. The lowest BCUT2D eigenvalue weighted by Gasteiger charge is -2.34.